The van der Waals surface area contributed by atoms with Gasteiger partial charge in [0, 0.05) is 22.3 Å². The van der Waals surface area contributed by atoms with Crippen molar-refractivity contribution in [2.75, 3.05) is 11.6 Å². The lowest BCUT2D eigenvalue weighted by molar-refractivity contribution is 0.102. The van der Waals surface area contributed by atoms with E-state index >= 15 is 0 Å². The number of benzene rings is 2. The van der Waals surface area contributed by atoms with Gasteiger partial charge in [-0.1, -0.05) is 49.7 Å². The lowest BCUT2D eigenvalue weighted by Crippen LogP contribution is -2.12. The Bertz CT molecular complexity index is 1120. The first kappa shape index (κ1) is 21.2. The van der Waals surface area contributed by atoms with Gasteiger partial charge in [0.25, 0.3) is 5.91 Å². The van der Waals surface area contributed by atoms with E-state index in [0.29, 0.717) is 16.3 Å². The zero-order valence-electron chi connectivity index (χ0n) is 16.7. The predicted molar refractivity (Wildman–Crippen MR) is 119 cm³/mol. The average molecular weight is 429 g/mol. The second kappa shape index (κ2) is 8.88. The number of rotatable bonds is 7. The Morgan fingerprint density at radius 2 is 1.83 bits per heavy atom. The molecule has 0 spiro atoms. The normalized spacial score (nSPS) is 11.4. The molecule has 0 fully saturated rings. The molecule has 0 bridgehead atoms. The van der Waals surface area contributed by atoms with Crippen LogP contribution in [0.4, 0.5) is 5.13 Å². The third-order valence-electron chi connectivity index (χ3n) is 4.40. The van der Waals surface area contributed by atoms with Crippen molar-refractivity contribution >= 4 is 32.2 Å². The topological polar surface area (TPSA) is 76.1 Å². The van der Waals surface area contributed by atoms with Crippen LogP contribution in [0, 0.1) is 6.92 Å². The Kier molecular flexibility index (Phi) is 6.49. The van der Waals surface area contributed by atoms with Crippen LogP contribution in [0.3, 0.4) is 0 Å². The molecule has 5 nitrogen and oxygen atoms in total. The third-order valence-corrected chi connectivity index (χ3v) is 6.15. The Morgan fingerprint density at radius 3 is 2.48 bits per heavy atom. The van der Waals surface area contributed by atoms with E-state index in [2.05, 4.69) is 41.5 Å². The molecule has 2 aromatic carbocycles. The van der Waals surface area contributed by atoms with E-state index in [1.807, 2.05) is 6.92 Å². The van der Waals surface area contributed by atoms with Crippen molar-refractivity contribution in [1.82, 2.24) is 4.98 Å². The van der Waals surface area contributed by atoms with E-state index in [1.54, 1.807) is 24.3 Å². The van der Waals surface area contributed by atoms with Gasteiger partial charge in [-0.05, 0) is 36.6 Å². The van der Waals surface area contributed by atoms with Gasteiger partial charge < -0.3 is 0 Å². The molecule has 1 aromatic heterocycles. The van der Waals surface area contributed by atoms with Crippen LogP contribution in [0.25, 0.3) is 11.3 Å². The smallest absolute Gasteiger partial charge is 0.257 e. The Morgan fingerprint density at radius 1 is 1.10 bits per heavy atom. The van der Waals surface area contributed by atoms with Crippen LogP contribution in [-0.4, -0.2) is 25.6 Å². The zero-order valence-corrected chi connectivity index (χ0v) is 18.4. The number of thiazole rings is 1. The maximum atomic E-state index is 12.6. The molecule has 3 rings (SSSR count). The summed E-state index contributed by atoms with van der Waals surface area (Å²) in [5.41, 5.74) is 4.17. The number of anilines is 1. The van der Waals surface area contributed by atoms with Crippen molar-refractivity contribution < 1.29 is 13.2 Å². The van der Waals surface area contributed by atoms with Crippen molar-refractivity contribution in [2.45, 2.75) is 32.4 Å². The standard InChI is InChI=1S/C22H24N2O3S2/c1-4-6-16-9-11-18(12-10-16)20-15(2)28-22(23-20)24-21(25)19-8-5-7-17(13-19)14-29(3,26)27/h5,7-13H,4,6,14H2,1-3H3,(H,23,24,25). The first-order chi connectivity index (χ1) is 13.7. The molecule has 0 radical (unpaired) electrons. The molecule has 152 valence electrons. The Hall–Kier alpha value is -2.51. The first-order valence-electron chi connectivity index (χ1n) is 9.40. The van der Waals surface area contributed by atoms with Crippen molar-refractivity contribution in [3.05, 3.63) is 70.1 Å². The van der Waals surface area contributed by atoms with E-state index in [-0.39, 0.29) is 11.7 Å². The number of carbonyl (C=O) groups is 1. The molecular formula is C22H24N2O3S2. The van der Waals surface area contributed by atoms with Crippen LogP contribution in [0.15, 0.2) is 48.5 Å². The Balaban J connectivity index is 1.77. The van der Waals surface area contributed by atoms with Crippen molar-refractivity contribution in [2.24, 2.45) is 0 Å². The molecule has 0 aliphatic rings. The average Bonchev–Trinajstić information content (AvgIpc) is 3.01. The fourth-order valence-corrected chi connectivity index (χ4v) is 4.73. The number of nitrogens with zero attached hydrogens (tertiary/aromatic N) is 1. The van der Waals surface area contributed by atoms with Crippen molar-refractivity contribution in [1.29, 1.82) is 0 Å². The number of aryl methyl sites for hydroxylation is 2. The number of amides is 1. The number of aromatic nitrogens is 1. The summed E-state index contributed by atoms with van der Waals surface area (Å²) in [5.74, 6) is -0.401. The van der Waals surface area contributed by atoms with Gasteiger partial charge in [0.2, 0.25) is 0 Å². The molecule has 0 saturated heterocycles. The predicted octanol–water partition coefficient (Wildman–Crippen LogP) is 4.87. The van der Waals surface area contributed by atoms with Gasteiger partial charge in [-0.25, -0.2) is 13.4 Å². The van der Waals surface area contributed by atoms with Crippen LogP contribution >= 0.6 is 11.3 Å². The molecule has 1 amide bonds. The molecular weight excluding hydrogens is 404 g/mol. The molecule has 1 heterocycles. The number of hydrogen-bond acceptors (Lipinski definition) is 5. The number of sulfone groups is 1. The molecule has 29 heavy (non-hydrogen) atoms. The summed E-state index contributed by atoms with van der Waals surface area (Å²) in [6.45, 7) is 4.14. The number of hydrogen-bond donors (Lipinski definition) is 1. The van der Waals surface area contributed by atoms with Gasteiger partial charge in [0.05, 0.1) is 11.4 Å². The minimum absolute atomic E-state index is 0.0946. The summed E-state index contributed by atoms with van der Waals surface area (Å²) in [6, 6.07) is 15.0. The summed E-state index contributed by atoms with van der Waals surface area (Å²) >= 11 is 1.42. The van der Waals surface area contributed by atoms with Gasteiger partial charge in [-0.2, -0.15) is 0 Å². The molecule has 0 aliphatic carbocycles. The maximum Gasteiger partial charge on any atom is 0.257 e. The molecule has 3 aromatic rings. The minimum Gasteiger partial charge on any atom is -0.298 e. The summed E-state index contributed by atoms with van der Waals surface area (Å²) in [4.78, 5) is 18.2. The van der Waals surface area contributed by atoms with E-state index in [1.165, 1.54) is 23.2 Å². The summed E-state index contributed by atoms with van der Waals surface area (Å²) < 4.78 is 23.0. The summed E-state index contributed by atoms with van der Waals surface area (Å²) in [6.07, 6.45) is 3.33. The monoisotopic (exact) mass is 428 g/mol. The van der Waals surface area contributed by atoms with Crippen molar-refractivity contribution in [3.8, 4) is 11.3 Å². The fourth-order valence-electron chi connectivity index (χ4n) is 3.11. The lowest BCUT2D eigenvalue weighted by Gasteiger charge is -2.05. The molecule has 0 unspecified atom stereocenters. The zero-order chi connectivity index (χ0) is 21.0. The SMILES string of the molecule is CCCc1ccc(-c2nc(NC(=O)c3cccc(CS(C)(=O)=O)c3)sc2C)cc1. The van der Waals surface area contributed by atoms with Crippen LogP contribution in [0.5, 0.6) is 0 Å². The quantitative estimate of drug-likeness (QED) is 0.583. The van der Waals surface area contributed by atoms with Crippen LogP contribution in [-0.2, 0) is 22.0 Å². The molecule has 7 heteroatoms. The summed E-state index contributed by atoms with van der Waals surface area (Å²) in [7, 11) is -3.16. The van der Waals surface area contributed by atoms with E-state index < -0.39 is 9.84 Å². The van der Waals surface area contributed by atoms with Gasteiger partial charge in [0.1, 0.15) is 0 Å². The van der Waals surface area contributed by atoms with E-state index in [0.717, 1.165) is 29.0 Å². The van der Waals surface area contributed by atoms with Crippen molar-refractivity contribution in [3.63, 3.8) is 0 Å². The molecule has 0 saturated carbocycles. The van der Waals surface area contributed by atoms with E-state index in [9.17, 15) is 13.2 Å². The van der Waals surface area contributed by atoms with Gasteiger partial charge in [0.15, 0.2) is 15.0 Å². The second-order valence-electron chi connectivity index (χ2n) is 7.10. The van der Waals surface area contributed by atoms with Gasteiger partial charge in [-0.3, -0.25) is 10.1 Å². The maximum absolute atomic E-state index is 12.6. The highest BCUT2D eigenvalue weighted by atomic mass is 32.2. The molecule has 0 atom stereocenters. The highest BCUT2D eigenvalue weighted by Gasteiger charge is 2.14. The van der Waals surface area contributed by atoms with Crippen LogP contribution < -0.4 is 5.32 Å². The van der Waals surface area contributed by atoms with Crippen LogP contribution in [0.2, 0.25) is 0 Å². The van der Waals surface area contributed by atoms with Gasteiger partial charge >= 0.3 is 0 Å². The molecule has 0 aliphatic heterocycles. The largest absolute Gasteiger partial charge is 0.298 e. The first-order valence-corrected chi connectivity index (χ1v) is 12.3. The minimum atomic E-state index is -3.16. The van der Waals surface area contributed by atoms with Gasteiger partial charge in [-0.15, -0.1) is 11.3 Å². The van der Waals surface area contributed by atoms with Crippen LogP contribution in [0.1, 0.15) is 39.7 Å². The lowest BCUT2D eigenvalue weighted by atomic mass is 10.1. The highest BCUT2D eigenvalue weighted by Crippen LogP contribution is 2.31. The Labute approximate surface area is 175 Å². The number of carbonyl (C=O) groups excluding carboxylic acids is 1. The highest BCUT2D eigenvalue weighted by molar-refractivity contribution is 7.89. The second-order valence-corrected chi connectivity index (χ2v) is 10.4. The summed E-state index contributed by atoms with van der Waals surface area (Å²) in [5, 5.41) is 3.35. The third kappa shape index (κ3) is 5.74. The van der Waals surface area contributed by atoms with E-state index in [4.69, 9.17) is 0 Å². The fraction of sp³-hybridized carbons (Fsp3) is 0.273. The molecule has 1 N–H and O–H groups in total. The number of nitrogens with one attached hydrogen (secondary N) is 1.